The van der Waals surface area contributed by atoms with Crippen molar-refractivity contribution < 1.29 is 8.42 Å². The number of nitrogens with two attached hydrogens (primary N) is 1. The summed E-state index contributed by atoms with van der Waals surface area (Å²) in [7, 11) is -3.93. The maximum atomic E-state index is 12.1. The van der Waals surface area contributed by atoms with Crippen molar-refractivity contribution in [2.45, 2.75) is 24.4 Å². The Balaban J connectivity index is 1.67. The average molecular weight is 482 g/mol. The van der Waals surface area contributed by atoms with Gasteiger partial charge in [-0.1, -0.05) is 72.3 Å². The highest BCUT2D eigenvalue weighted by atomic mass is 35.5. The summed E-state index contributed by atoms with van der Waals surface area (Å²) in [6.45, 7) is 1.21. The van der Waals surface area contributed by atoms with Crippen LogP contribution in [0.25, 0.3) is 11.3 Å². The Labute approximate surface area is 195 Å². The number of primary sulfonamides is 1. The van der Waals surface area contributed by atoms with E-state index in [1.54, 1.807) is 23.5 Å². The Morgan fingerprint density at radius 1 is 1.00 bits per heavy atom. The Kier molecular flexibility index (Phi) is 5.51. The number of thiazole rings is 1. The van der Waals surface area contributed by atoms with E-state index < -0.39 is 10.0 Å². The second-order valence-electron chi connectivity index (χ2n) is 7.69. The van der Waals surface area contributed by atoms with Gasteiger partial charge in [0.2, 0.25) is 10.0 Å². The van der Waals surface area contributed by atoms with E-state index in [9.17, 15) is 8.42 Å². The molecule has 5 nitrogen and oxygen atoms in total. The molecule has 8 heteroatoms. The first kappa shape index (κ1) is 21.2. The van der Waals surface area contributed by atoms with Crippen molar-refractivity contribution in [3.8, 4) is 11.3 Å². The molecule has 3 aromatic carbocycles. The smallest absolute Gasteiger partial charge is 0.239 e. The summed E-state index contributed by atoms with van der Waals surface area (Å²) in [5, 5.41) is 5.57. The van der Waals surface area contributed by atoms with Crippen LogP contribution >= 0.6 is 22.9 Å². The third kappa shape index (κ3) is 4.04. The van der Waals surface area contributed by atoms with Crippen LogP contribution in [-0.4, -0.2) is 13.0 Å². The van der Waals surface area contributed by atoms with Crippen molar-refractivity contribution in [2.75, 3.05) is 0 Å². The summed E-state index contributed by atoms with van der Waals surface area (Å²) in [6.07, 6.45) is 0.690. The second-order valence-corrected chi connectivity index (χ2v) is 10.7. The molecule has 5 rings (SSSR count). The van der Waals surface area contributed by atoms with Gasteiger partial charge in [-0.05, 0) is 28.8 Å². The van der Waals surface area contributed by atoms with Gasteiger partial charge in [-0.15, -0.1) is 11.3 Å². The number of halogens is 1. The third-order valence-electron chi connectivity index (χ3n) is 5.47. The molecular formula is C24H20ClN3O2S2. The maximum Gasteiger partial charge on any atom is 0.239 e. The molecule has 1 aliphatic rings. The fourth-order valence-electron chi connectivity index (χ4n) is 4.00. The van der Waals surface area contributed by atoms with E-state index >= 15 is 0 Å². The van der Waals surface area contributed by atoms with Crippen LogP contribution in [0.2, 0.25) is 5.02 Å². The minimum atomic E-state index is -3.93. The van der Waals surface area contributed by atoms with Crippen LogP contribution in [0.15, 0.2) is 82.7 Å². The molecule has 0 bridgehead atoms. The fraction of sp³-hybridized carbons (Fsp3) is 0.125. The van der Waals surface area contributed by atoms with Crippen molar-refractivity contribution >= 4 is 33.0 Å². The van der Waals surface area contributed by atoms with Crippen LogP contribution in [0, 0.1) is 0 Å². The molecule has 1 heterocycles. The normalized spacial score (nSPS) is 13.2. The summed E-state index contributed by atoms with van der Waals surface area (Å²) in [6, 6.07) is 23.6. The number of fused-ring (bicyclic) bond motifs is 3. The molecule has 0 unspecified atom stereocenters. The molecule has 0 saturated carbocycles. The maximum absolute atomic E-state index is 12.1. The van der Waals surface area contributed by atoms with Crippen LogP contribution in [0.1, 0.15) is 21.6 Å². The summed E-state index contributed by atoms with van der Waals surface area (Å²) < 4.78 is 26.3. The monoisotopic (exact) mass is 481 g/mol. The van der Waals surface area contributed by atoms with Crippen LogP contribution in [0.5, 0.6) is 0 Å². The molecule has 0 amide bonds. The highest BCUT2D eigenvalue weighted by molar-refractivity contribution is 7.89. The van der Waals surface area contributed by atoms with E-state index in [0.717, 1.165) is 37.6 Å². The van der Waals surface area contributed by atoms with Crippen molar-refractivity contribution in [3.05, 3.63) is 104 Å². The lowest BCUT2D eigenvalue weighted by molar-refractivity contribution is 0.598. The molecule has 1 aliphatic carbocycles. The minimum Gasteiger partial charge on any atom is -0.312 e. The van der Waals surface area contributed by atoms with Crippen molar-refractivity contribution in [1.82, 2.24) is 4.57 Å². The van der Waals surface area contributed by atoms with Crippen LogP contribution < -0.4 is 9.94 Å². The molecule has 0 aliphatic heterocycles. The zero-order valence-electron chi connectivity index (χ0n) is 17.0. The lowest BCUT2D eigenvalue weighted by Gasteiger charge is -2.11. The van der Waals surface area contributed by atoms with E-state index in [-0.39, 0.29) is 9.92 Å². The molecule has 0 radical (unpaired) electrons. The quantitative estimate of drug-likeness (QED) is 0.399. The van der Waals surface area contributed by atoms with E-state index in [1.165, 1.54) is 0 Å². The Morgan fingerprint density at radius 3 is 2.31 bits per heavy atom. The summed E-state index contributed by atoms with van der Waals surface area (Å²) in [4.78, 5) is 6.91. The van der Waals surface area contributed by atoms with Gasteiger partial charge in [0.15, 0.2) is 4.80 Å². The van der Waals surface area contributed by atoms with E-state index in [2.05, 4.69) is 28.8 Å². The molecule has 1 aromatic heterocycles. The summed E-state index contributed by atoms with van der Waals surface area (Å²) in [5.74, 6) is 0. The number of aromatic nitrogens is 1. The van der Waals surface area contributed by atoms with Gasteiger partial charge in [0, 0.05) is 16.9 Å². The zero-order chi connectivity index (χ0) is 22.3. The van der Waals surface area contributed by atoms with Crippen LogP contribution in [-0.2, 0) is 29.5 Å². The van der Waals surface area contributed by atoms with Gasteiger partial charge in [-0.25, -0.2) is 13.6 Å². The van der Waals surface area contributed by atoms with Crippen LogP contribution in [0.4, 0.5) is 0 Å². The van der Waals surface area contributed by atoms with Crippen LogP contribution in [0.3, 0.4) is 0 Å². The highest BCUT2D eigenvalue weighted by Gasteiger charge is 2.28. The molecule has 2 N–H and O–H groups in total. The first-order valence-corrected chi connectivity index (χ1v) is 12.8. The lowest BCUT2D eigenvalue weighted by Crippen LogP contribution is -2.18. The topological polar surface area (TPSA) is 77.5 Å². The number of sulfonamides is 1. The molecule has 4 aromatic rings. The molecule has 0 saturated heterocycles. The largest absolute Gasteiger partial charge is 0.312 e. The first-order valence-electron chi connectivity index (χ1n) is 10.1. The predicted molar refractivity (Wildman–Crippen MR) is 128 cm³/mol. The average Bonchev–Trinajstić information content (AvgIpc) is 3.28. The number of hydrogen-bond donors (Lipinski definition) is 1. The van der Waals surface area contributed by atoms with Gasteiger partial charge in [0.25, 0.3) is 0 Å². The molecule has 32 heavy (non-hydrogen) atoms. The van der Waals surface area contributed by atoms with Gasteiger partial charge < -0.3 is 4.57 Å². The molecule has 0 fully saturated rings. The highest BCUT2D eigenvalue weighted by Crippen LogP contribution is 2.41. The molecule has 0 atom stereocenters. The number of rotatable bonds is 5. The first-order chi connectivity index (χ1) is 15.4. The minimum absolute atomic E-state index is 0.0500. The van der Waals surface area contributed by atoms with Gasteiger partial charge >= 0.3 is 0 Å². The van der Waals surface area contributed by atoms with Crippen molar-refractivity contribution in [2.24, 2.45) is 10.1 Å². The Hall–Kier alpha value is -2.71. The van der Waals surface area contributed by atoms with Crippen molar-refractivity contribution in [1.29, 1.82) is 0 Å². The zero-order valence-corrected chi connectivity index (χ0v) is 19.4. The Bertz CT molecular complexity index is 1480. The molecule has 0 spiro atoms. The number of benzene rings is 3. The predicted octanol–water partition coefficient (Wildman–Crippen LogP) is 4.57. The second kappa shape index (κ2) is 8.33. The lowest BCUT2D eigenvalue weighted by atomic mass is 10.1. The van der Waals surface area contributed by atoms with Gasteiger partial charge in [0.1, 0.15) is 4.90 Å². The van der Waals surface area contributed by atoms with Gasteiger partial charge in [-0.3, -0.25) is 4.99 Å². The fourth-order valence-corrected chi connectivity index (χ4v) is 6.28. The van der Waals surface area contributed by atoms with Gasteiger partial charge in [0.05, 0.1) is 23.8 Å². The number of hydrogen-bond acceptors (Lipinski definition) is 4. The van der Waals surface area contributed by atoms with E-state index in [1.807, 2.05) is 36.4 Å². The molecular weight excluding hydrogens is 462 g/mol. The third-order valence-corrected chi connectivity index (χ3v) is 7.96. The van der Waals surface area contributed by atoms with E-state index in [4.69, 9.17) is 21.7 Å². The van der Waals surface area contributed by atoms with Crippen molar-refractivity contribution in [3.63, 3.8) is 0 Å². The van der Waals surface area contributed by atoms with E-state index in [0.29, 0.717) is 19.5 Å². The number of nitrogens with zero attached hydrogens (tertiary/aromatic N) is 2. The standard InChI is InChI=1S/C24H20ClN3O2S2/c25-20-11-18-12-21-23(19(18)13-22(20)32(26,29)30)28(15-17-9-5-2-6-10-17)24(31-21)27-14-16-7-3-1-4-8-16/h1-11,13H,12,14-15H2,(H2,26,29,30). The Morgan fingerprint density at radius 2 is 1.66 bits per heavy atom. The summed E-state index contributed by atoms with van der Waals surface area (Å²) >= 11 is 7.88. The summed E-state index contributed by atoms with van der Waals surface area (Å²) in [5.41, 5.74) is 5.11. The SMILES string of the molecule is NS(=O)(=O)c1cc2c(cc1Cl)Cc1sc(=NCc3ccccc3)n(Cc3ccccc3)c1-2. The molecule has 162 valence electrons. The van der Waals surface area contributed by atoms with Gasteiger partial charge in [-0.2, -0.15) is 0 Å².